The first-order valence-electron chi connectivity index (χ1n) is 5.30. The number of carbonyl (C=O) groups excluding carboxylic acids is 1. The van der Waals surface area contributed by atoms with Crippen molar-refractivity contribution in [1.29, 1.82) is 0 Å². The molecule has 0 aromatic heterocycles. The van der Waals surface area contributed by atoms with Crippen molar-refractivity contribution < 1.29 is 4.79 Å². The summed E-state index contributed by atoms with van der Waals surface area (Å²) in [6.45, 7) is 0.692. The van der Waals surface area contributed by atoms with E-state index in [2.05, 4.69) is 0 Å². The molecule has 0 saturated carbocycles. The molecule has 1 aromatic carbocycles. The van der Waals surface area contributed by atoms with Gasteiger partial charge < -0.3 is 10.6 Å². The minimum absolute atomic E-state index is 0.421. The Morgan fingerprint density at radius 2 is 2.06 bits per heavy atom. The van der Waals surface area contributed by atoms with Gasteiger partial charge in [-0.25, -0.2) is 0 Å². The molecule has 0 spiro atoms. The summed E-state index contributed by atoms with van der Waals surface area (Å²) in [6, 6.07) is 9.98. The summed E-state index contributed by atoms with van der Waals surface area (Å²) in [4.78, 5) is 13.1. The fraction of sp³-hybridized carbons (Fsp3) is 0.154. The van der Waals surface area contributed by atoms with Crippen LogP contribution in [0, 0.1) is 0 Å². The zero-order chi connectivity index (χ0) is 12.3. The second-order valence-electron chi connectivity index (χ2n) is 3.85. The van der Waals surface area contributed by atoms with Gasteiger partial charge in [0.15, 0.2) is 0 Å². The third-order valence-corrected chi connectivity index (χ3v) is 2.92. The van der Waals surface area contributed by atoms with Crippen LogP contribution in [0.1, 0.15) is 5.56 Å². The number of hydrogen-bond acceptors (Lipinski definition) is 2. The van der Waals surface area contributed by atoms with Crippen molar-refractivity contribution in [3.05, 3.63) is 59.9 Å². The Kier molecular flexibility index (Phi) is 3.49. The van der Waals surface area contributed by atoms with Crippen molar-refractivity contribution in [3.8, 4) is 0 Å². The van der Waals surface area contributed by atoms with Gasteiger partial charge in [0.25, 0.3) is 0 Å². The molecular weight excluding hydrogens is 236 g/mol. The average molecular weight is 249 g/mol. The largest absolute Gasteiger partial charge is 0.366 e. The lowest BCUT2D eigenvalue weighted by Crippen LogP contribution is -2.26. The van der Waals surface area contributed by atoms with Crippen LogP contribution in [0.15, 0.2) is 54.4 Å². The molecule has 1 aromatic rings. The molecule has 1 aliphatic heterocycles. The van der Waals surface area contributed by atoms with Gasteiger partial charge in [-0.2, -0.15) is 0 Å². The molecule has 0 radical (unpaired) electrons. The lowest BCUT2D eigenvalue weighted by Gasteiger charge is -2.22. The van der Waals surface area contributed by atoms with Crippen molar-refractivity contribution in [2.75, 3.05) is 0 Å². The lowest BCUT2D eigenvalue weighted by molar-refractivity contribution is -0.114. The summed E-state index contributed by atoms with van der Waals surface area (Å²) in [7, 11) is 0. The Labute approximate surface area is 105 Å². The number of rotatable bonds is 3. The Hall–Kier alpha value is -1.74. The van der Waals surface area contributed by atoms with Gasteiger partial charge in [0.2, 0.25) is 5.91 Å². The molecule has 0 aliphatic carbocycles. The third-order valence-electron chi connectivity index (χ3n) is 2.54. The van der Waals surface area contributed by atoms with Crippen molar-refractivity contribution >= 4 is 17.5 Å². The first-order valence-corrected chi connectivity index (χ1v) is 5.74. The maximum Gasteiger partial charge on any atom is 0.247 e. The number of allylic oxidation sites excluding steroid dienone is 1. The molecule has 88 valence electrons. The number of amides is 1. The number of halogens is 1. The van der Waals surface area contributed by atoms with Crippen LogP contribution in [0.4, 0.5) is 0 Å². The van der Waals surface area contributed by atoms with Crippen molar-refractivity contribution in [1.82, 2.24) is 4.90 Å². The number of primary amides is 1. The third kappa shape index (κ3) is 2.88. The van der Waals surface area contributed by atoms with E-state index in [9.17, 15) is 4.79 Å². The zero-order valence-corrected chi connectivity index (χ0v) is 9.97. The van der Waals surface area contributed by atoms with Crippen molar-refractivity contribution in [2.45, 2.75) is 11.9 Å². The first-order chi connectivity index (χ1) is 8.16. The highest BCUT2D eigenvalue weighted by atomic mass is 35.5. The molecule has 3 nitrogen and oxygen atoms in total. The predicted octanol–water partition coefficient (Wildman–Crippen LogP) is 1.99. The molecule has 0 fully saturated rings. The van der Waals surface area contributed by atoms with E-state index in [1.807, 2.05) is 41.4 Å². The molecule has 2 N–H and O–H groups in total. The highest BCUT2D eigenvalue weighted by Gasteiger charge is 2.18. The molecule has 4 heteroatoms. The quantitative estimate of drug-likeness (QED) is 0.832. The number of benzene rings is 1. The van der Waals surface area contributed by atoms with Crippen LogP contribution in [-0.2, 0) is 11.3 Å². The van der Waals surface area contributed by atoms with Gasteiger partial charge >= 0.3 is 0 Å². The second-order valence-corrected chi connectivity index (χ2v) is 4.32. The van der Waals surface area contributed by atoms with Crippen LogP contribution < -0.4 is 5.73 Å². The summed E-state index contributed by atoms with van der Waals surface area (Å²) in [5.41, 5.74) is 6.84. The van der Waals surface area contributed by atoms with E-state index in [1.165, 1.54) is 0 Å². The minimum atomic E-state index is -0.479. The summed E-state index contributed by atoms with van der Waals surface area (Å²) < 4.78 is 0. The SMILES string of the molecule is NC(=O)C1=CN(Cc2ccccc2)C=CC1Cl. The van der Waals surface area contributed by atoms with Gasteiger partial charge in [-0.1, -0.05) is 30.3 Å². The van der Waals surface area contributed by atoms with E-state index in [-0.39, 0.29) is 0 Å². The minimum Gasteiger partial charge on any atom is -0.366 e. The monoisotopic (exact) mass is 248 g/mol. The Bertz CT molecular complexity index is 468. The summed E-state index contributed by atoms with van der Waals surface area (Å²) in [5, 5.41) is -0.431. The molecule has 0 saturated heterocycles. The topological polar surface area (TPSA) is 46.3 Å². The van der Waals surface area contributed by atoms with Gasteiger partial charge in [-0.3, -0.25) is 4.79 Å². The van der Waals surface area contributed by atoms with Crippen LogP contribution in [0.25, 0.3) is 0 Å². The number of hydrogen-bond donors (Lipinski definition) is 1. The van der Waals surface area contributed by atoms with Crippen molar-refractivity contribution in [2.24, 2.45) is 5.73 Å². The zero-order valence-electron chi connectivity index (χ0n) is 9.21. The summed E-state index contributed by atoms with van der Waals surface area (Å²) in [6.07, 6.45) is 5.31. The van der Waals surface area contributed by atoms with Crippen LogP contribution in [-0.4, -0.2) is 16.2 Å². The normalized spacial score (nSPS) is 19.0. The maximum atomic E-state index is 11.2. The van der Waals surface area contributed by atoms with E-state index in [0.717, 1.165) is 5.56 Å². The van der Waals surface area contributed by atoms with E-state index in [1.54, 1.807) is 12.3 Å². The molecule has 1 unspecified atom stereocenters. The van der Waals surface area contributed by atoms with Crippen LogP contribution in [0.5, 0.6) is 0 Å². The Morgan fingerprint density at radius 1 is 1.35 bits per heavy atom. The number of nitrogens with two attached hydrogens (primary N) is 1. The molecule has 17 heavy (non-hydrogen) atoms. The van der Waals surface area contributed by atoms with Gasteiger partial charge in [0, 0.05) is 18.9 Å². The van der Waals surface area contributed by atoms with E-state index in [0.29, 0.717) is 12.1 Å². The van der Waals surface area contributed by atoms with Gasteiger partial charge in [-0.15, -0.1) is 11.6 Å². The molecule has 1 aliphatic rings. The predicted molar refractivity (Wildman–Crippen MR) is 68.0 cm³/mol. The Balaban J connectivity index is 2.13. The fourth-order valence-electron chi connectivity index (χ4n) is 1.67. The van der Waals surface area contributed by atoms with Gasteiger partial charge in [-0.05, 0) is 11.6 Å². The standard InChI is InChI=1S/C13H13ClN2O/c14-12-6-7-16(9-11(12)13(15)17)8-10-4-2-1-3-5-10/h1-7,9,12H,8H2,(H2,15,17). The molecular formula is C13H13ClN2O. The smallest absolute Gasteiger partial charge is 0.247 e. The van der Waals surface area contributed by atoms with E-state index >= 15 is 0 Å². The molecule has 0 bridgehead atoms. The fourth-order valence-corrected chi connectivity index (χ4v) is 1.90. The number of alkyl halides is 1. The van der Waals surface area contributed by atoms with Crippen LogP contribution in [0.2, 0.25) is 0 Å². The van der Waals surface area contributed by atoms with E-state index < -0.39 is 11.3 Å². The summed E-state index contributed by atoms with van der Waals surface area (Å²) in [5.74, 6) is -0.479. The first kappa shape index (κ1) is 11.7. The lowest BCUT2D eigenvalue weighted by atomic mass is 10.1. The van der Waals surface area contributed by atoms with Crippen LogP contribution in [0.3, 0.4) is 0 Å². The molecule has 1 heterocycles. The van der Waals surface area contributed by atoms with Crippen LogP contribution >= 0.6 is 11.6 Å². The van der Waals surface area contributed by atoms with Gasteiger partial charge in [0.05, 0.1) is 11.0 Å². The van der Waals surface area contributed by atoms with Gasteiger partial charge in [0.1, 0.15) is 0 Å². The highest BCUT2D eigenvalue weighted by Crippen LogP contribution is 2.19. The highest BCUT2D eigenvalue weighted by molar-refractivity contribution is 6.26. The number of nitrogens with zero attached hydrogens (tertiary/aromatic N) is 1. The summed E-state index contributed by atoms with van der Waals surface area (Å²) >= 11 is 5.96. The maximum absolute atomic E-state index is 11.2. The average Bonchev–Trinajstić information content (AvgIpc) is 2.32. The molecule has 2 rings (SSSR count). The molecule has 1 atom stereocenters. The van der Waals surface area contributed by atoms with E-state index in [4.69, 9.17) is 17.3 Å². The second kappa shape index (κ2) is 5.06. The molecule has 1 amide bonds. The number of carbonyl (C=O) groups is 1. The Morgan fingerprint density at radius 3 is 2.71 bits per heavy atom. The van der Waals surface area contributed by atoms with Crippen molar-refractivity contribution in [3.63, 3.8) is 0 Å².